The number of carbonyl (C=O) groups is 2. The van der Waals surface area contributed by atoms with Crippen LogP contribution >= 0.6 is 22.7 Å². The summed E-state index contributed by atoms with van der Waals surface area (Å²) in [6.45, 7) is 13.0. The molecule has 0 aliphatic heterocycles. The normalized spacial score (nSPS) is 11.4. The molecule has 6 rings (SSSR count). The molecule has 2 heterocycles. The van der Waals surface area contributed by atoms with Crippen LogP contribution in [0.15, 0.2) is 120 Å². The van der Waals surface area contributed by atoms with Gasteiger partial charge in [0.1, 0.15) is 24.7 Å². The van der Waals surface area contributed by atoms with E-state index in [9.17, 15) is 19.2 Å². The molecule has 12 heteroatoms. The van der Waals surface area contributed by atoms with Gasteiger partial charge in [0.15, 0.2) is 10.9 Å². The first-order valence-corrected chi connectivity index (χ1v) is 22.2. The highest BCUT2D eigenvalue weighted by atomic mass is 32.1. The van der Waals surface area contributed by atoms with Gasteiger partial charge < -0.3 is 18.9 Å². The molecule has 0 saturated carbocycles. The van der Waals surface area contributed by atoms with E-state index in [2.05, 4.69) is 23.0 Å². The number of ether oxygens (including phenoxy) is 4. The lowest BCUT2D eigenvalue weighted by Gasteiger charge is -2.23. The highest BCUT2D eigenvalue weighted by molar-refractivity contribution is 7.24. The van der Waals surface area contributed by atoms with Gasteiger partial charge in [0.2, 0.25) is 0 Å². The Hall–Kier alpha value is -5.40. The van der Waals surface area contributed by atoms with E-state index in [1.165, 1.54) is 12.2 Å². The van der Waals surface area contributed by atoms with Crippen molar-refractivity contribution in [2.75, 3.05) is 65.7 Å². The molecule has 0 atom stereocenters. The Bertz CT molecular complexity index is 2360. The predicted molar refractivity (Wildman–Crippen MR) is 245 cm³/mol. The smallest absolute Gasteiger partial charge is 0.330 e. The van der Waals surface area contributed by atoms with E-state index in [1.807, 2.05) is 84.9 Å². The summed E-state index contributed by atoms with van der Waals surface area (Å²) in [5.41, 5.74) is 0.0371. The van der Waals surface area contributed by atoms with Crippen LogP contribution in [0.2, 0.25) is 0 Å². The molecule has 0 N–H and O–H groups in total. The highest BCUT2D eigenvalue weighted by Crippen LogP contribution is 2.29. The summed E-state index contributed by atoms with van der Waals surface area (Å²) in [5.74, 6) is 0.480. The number of hydrogen-bond acceptors (Lipinski definition) is 12. The molecule has 0 aliphatic rings. The van der Waals surface area contributed by atoms with Crippen molar-refractivity contribution in [3.05, 3.63) is 131 Å². The minimum atomic E-state index is -0.433. The van der Waals surface area contributed by atoms with Crippen molar-refractivity contribution in [2.24, 2.45) is 0 Å². The van der Waals surface area contributed by atoms with Crippen LogP contribution < -0.4 is 20.3 Å². The molecule has 0 saturated heterocycles. The van der Waals surface area contributed by atoms with Crippen LogP contribution in [0.3, 0.4) is 0 Å². The maximum absolute atomic E-state index is 13.1. The van der Waals surface area contributed by atoms with E-state index < -0.39 is 11.9 Å². The average Bonchev–Trinajstić information content (AvgIpc) is 3.27. The van der Waals surface area contributed by atoms with Gasteiger partial charge in [0.25, 0.3) is 0 Å². The number of fused-ring (bicyclic) bond motifs is 4. The third-order valence-electron chi connectivity index (χ3n) is 10.2. The Balaban J connectivity index is 0.936. The summed E-state index contributed by atoms with van der Waals surface area (Å²) >= 11 is 3.20. The molecule has 0 bridgehead atoms. The molecule has 0 radical (unpaired) electrons. The van der Waals surface area contributed by atoms with E-state index in [0.29, 0.717) is 48.6 Å². The van der Waals surface area contributed by atoms with Gasteiger partial charge in [-0.05, 0) is 99.4 Å². The second-order valence-corrected chi connectivity index (χ2v) is 16.6. The quantitative estimate of drug-likeness (QED) is 0.0240. The predicted octanol–water partition coefficient (Wildman–Crippen LogP) is 9.00. The third kappa shape index (κ3) is 12.6. The van der Waals surface area contributed by atoms with Crippen LogP contribution in [0, 0.1) is 0 Å². The van der Waals surface area contributed by atoms with E-state index in [4.69, 9.17) is 18.9 Å². The SMILES string of the molecule is C=CC(=O)OCCN(CCCCCCN(CCCOc1ccc2sc3ccccc3c(=O)c2c1)CCOC(=O)C=C)CCCOc1ccc2sc3ccccc3c(=O)c2c1. The first-order valence-electron chi connectivity index (χ1n) is 20.5. The minimum absolute atomic E-state index is 0.0186. The molecule has 6 aromatic rings. The summed E-state index contributed by atoms with van der Waals surface area (Å²) in [4.78, 5) is 54.2. The van der Waals surface area contributed by atoms with Gasteiger partial charge in [0, 0.05) is 78.7 Å². The number of rotatable bonds is 25. The lowest BCUT2D eigenvalue weighted by Crippen LogP contribution is -2.31. The fraction of sp³-hybridized carbons (Fsp3) is 0.333. The van der Waals surface area contributed by atoms with Crippen molar-refractivity contribution in [3.63, 3.8) is 0 Å². The Morgan fingerprint density at radius 3 is 1.32 bits per heavy atom. The van der Waals surface area contributed by atoms with E-state index in [1.54, 1.807) is 22.7 Å². The van der Waals surface area contributed by atoms with Gasteiger partial charge in [-0.15, -0.1) is 22.7 Å². The second kappa shape index (κ2) is 22.8. The summed E-state index contributed by atoms with van der Waals surface area (Å²) in [6, 6.07) is 26.8. The molecular formula is C48H52N2O8S2. The molecule has 0 unspecified atom stereocenters. The number of hydrogen-bond donors (Lipinski definition) is 0. The number of esters is 2. The first-order chi connectivity index (χ1) is 29.3. The van der Waals surface area contributed by atoms with Gasteiger partial charge in [0.05, 0.1) is 13.2 Å². The summed E-state index contributed by atoms with van der Waals surface area (Å²) in [5, 5.41) is 2.78. The van der Waals surface area contributed by atoms with Gasteiger partial charge >= 0.3 is 11.9 Å². The molecule has 60 heavy (non-hydrogen) atoms. The number of benzene rings is 4. The maximum Gasteiger partial charge on any atom is 0.330 e. The van der Waals surface area contributed by atoms with Crippen LogP contribution in [0.4, 0.5) is 0 Å². The topological polar surface area (TPSA) is 112 Å². The van der Waals surface area contributed by atoms with Gasteiger partial charge in [-0.1, -0.05) is 50.3 Å². The fourth-order valence-corrected chi connectivity index (χ4v) is 9.17. The molecule has 0 spiro atoms. The van der Waals surface area contributed by atoms with Crippen molar-refractivity contribution in [1.82, 2.24) is 9.80 Å². The molecule has 0 amide bonds. The third-order valence-corrected chi connectivity index (χ3v) is 12.5. The molecule has 314 valence electrons. The van der Waals surface area contributed by atoms with Gasteiger partial charge in [-0.3, -0.25) is 19.4 Å². The first kappa shape index (κ1) is 44.2. The van der Waals surface area contributed by atoms with Crippen molar-refractivity contribution in [3.8, 4) is 11.5 Å². The number of carbonyl (C=O) groups excluding carboxylic acids is 2. The van der Waals surface area contributed by atoms with Crippen molar-refractivity contribution in [2.45, 2.75) is 38.5 Å². The Morgan fingerprint density at radius 1 is 0.483 bits per heavy atom. The van der Waals surface area contributed by atoms with Gasteiger partial charge in [-0.2, -0.15) is 0 Å². The summed E-state index contributed by atoms with van der Waals surface area (Å²) < 4.78 is 26.6. The average molecular weight is 849 g/mol. The van der Waals surface area contributed by atoms with E-state index >= 15 is 0 Å². The lowest BCUT2D eigenvalue weighted by molar-refractivity contribution is -0.139. The largest absolute Gasteiger partial charge is 0.494 e. The standard InChI is InChI=1S/C48H52N2O8S2/c1-3-45(51)57-31-27-49(25-13-29-55-35-19-21-43-39(33-35)47(53)37-15-7-9-17-41(37)59-43)23-11-5-6-12-24-50(28-32-58-46(52)4-2)26-14-30-56-36-20-22-44-40(34-36)48(54)38-16-8-10-18-42(38)60-44/h3-4,7-10,15-22,33-34H,1-2,5-6,11-14,23-32H2. The van der Waals surface area contributed by atoms with Crippen LogP contribution in [0.1, 0.15) is 38.5 Å². The van der Waals surface area contributed by atoms with E-state index in [-0.39, 0.29) is 24.1 Å². The summed E-state index contributed by atoms with van der Waals surface area (Å²) in [7, 11) is 0. The van der Waals surface area contributed by atoms with Crippen LogP contribution in [0.25, 0.3) is 40.3 Å². The van der Waals surface area contributed by atoms with Crippen molar-refractivity contribution >= 4 is 75.0 Å². The highest BCUT2D eigenvalue weighted by Gasteiger charge is 2.12. The lowest BCUT2D eigenvalue weighted by atomic mass is 10.1. The van der Waals surface area contributed by atoms with Crippen LogP contribution in [-0.4, -0.2) is 87.4 Å². The van der Waals surface area contributed by atoms with Crippen molar-refractivity contribution in [1.29, 1.82) is 0 Å². The monoisotopic (exact) mass is 848 g/mol. The minimum Gasteiger partial charge on any atom is -0.494 e. The Morgan fingerprint density at radius 2 is 0.883 bits per heavy atom. The zero-order chi connectivity index (χ0) is 42.1. The molecule has 0 fully saturated rings. The van der Waals surface area contributed by atoms with E-state index in [0.717, 1.165) is 94.3 Å². The second-order valence-electron chi connectivity index (χ2n) is 14.4. The molecule has 4 aromatic carbocycles. The molecule has 0 aliphatic carbocycles. The molecule has 10 nitrogen and oxygen atoms in total. The summed E-state index contributed by atoms with van der Waals surface area (Å²) in [6.07, 6.45) is 7.93. The van der Waals surface area contributed by atoms with Gasteiger partial charge in [-0.25, -0.2) is 9.59 Å². The number of nitrogens with zero attached hydrogens (tertiary/aromatic N) is 2. The maximum atomic E-state index is 13.1. The zero-order valence-electron chi connectivity index (χ0n) is 33.9. The Labute approximate surface area is 358 Å². The fourth-order valence-electron chi connectivity index (χ4n) is 7.06. The molecular weight excluding hydrogens is 797 g/mol. The number of unbranched alkanes of at least 4 members (excludes halogenated alkanes) is 3. The van der Waals surface area contributed by atoms with Crippen LogP contribution in [-0.2, 0) is 19.1 Å². The zero-order valence-corrected chi connectivity index (χ0v) is 35.6. The van der Waals surface area contributed by atoms with Crippen LogP contribution in [0.5, 0.6) is 11.5 Å². The Kier molecular flexibility index (Phi) is 16.8. The molecule has 2 aromatic heterocycles. The van der Waals surface area contributed by atoms with Crippen molar-refractivity contribution < 1.29 is 28.5 Å².